The van der Waals surface area contributed by atoms with Crippen molar-refractivity contribution >= 4 is 28.2 Å². The zero-order chi connectivity index (χ0) is 16.8. The van der Waals surface area contributed by atoms with Gasteiger partial charge in [-0.25, -0.2) is 4.98 Å². The van der Waals surface area contributed by atoms with Crippen molar-refractivity contribution in [2.24, 2.45) is 0 Å². The SMILES string of the molecule is Cc1ccc(C)c(C=C2CCn3c2nc2ccc(N)cc2c3=O)c1. The molecule has 2 heterocycles. The van der Waals surface area contributed by atoms with Gasteiger partial charge in [0.1, 0.15) is 5.82 Å². The Labute approximate surface area is 140 Å². The lowest BCUT2D eigenvalue weighted by molar-refractivity contribution is 0.725. The fourth-order valence-corrected chi connectivity index (χ4v) is 3.27. The number of hydrogen-bond acceptors (Lipinski definition) is 3. The van der Waals surface area contributed by atoms with Gasteiger partial charge in [0.2, 0.25) is 0 Å². The number of benzene rings is 2. The summed E-state index contributed by atoms with van der Waals surface area (Å²) in [7, 11) is 0. The monoisotopic (exact) mass is 317 g/mol. The van der Waals surface area contributed by atoms with E-state index in [-0.39, 0.29) is 5.56 Å². The first kappa shape index (κ1) is 14.7. The second-order valence-electron chi connectivity index (χ2n) is 6.45. The molecule has 1 aliphatic heterocycles. The van der Waals surface area contributed by atoms with E-state index in [1.54, 1.807) is 16.7 Å². The van der Waals surface area contributed by atoms with Crippen LogP contribution in [0.1, 0.15) is 28.9 Å². The van der Waals surface area contributed by atoms with Gasteiger partial charge in [0.05, 0.1) is 10.9 Å². The van der Waals surface area contributed by atoms with Crippen molar-refractivity contribution in [2.75, 3.05) is 5.73 Å². The number of allylic oxidation sites excluding steroid dienone is 1. The summed E-state index contributed by atoms with van der Waals surface area (Å²) in [4.78, 5) is 17.5. The van der Waals surface area contributed by atoms with Crippen molar-refractivity contribution in [3.05, 3.63) is 69.3 Å². The largest absolute Gasteiger partial charge is 0.399 e. The quantitative estimate of drug-likeness (QED) is 0.698. The highest BCUT2D eigenvalue weighted by Gasteiger charge is 2.21. The van der Waals surface area contributed by atoms with E-state index in [1.807, 2.05) is 6.07 Å². The fourth-order valence-electron chi connectivity index (χ4n) is 3.27. The molecule has 120 valence electrons. The molecule has 0 aliphatic carbocycles. The Morgan fingerprint density at radius 2 is 2.00 bits per heavy atom. The maximum atomic E-state index is 12.7. The molecule has 2 N–H and O–H groups in total. The van der Waals surface area contributed by atoms with Gasteiger partial charge in [-0.1, -0.05) is 23.8 Å². The number of aryl methyl sites for hydroxylation is 2. The van der Waals surface area contributed by atoms with Crippen LogP contribution in [0.3, 0.4) is 0 Å². The topological polar surface area (TPSA) is 60.9 Å². The second kappa shape index (κ2) is 5.34. The number of anilines is 1. The third kappa shape index (κ3) is 2.31. The van der Waals surface area contributed by atoms with E-state index in [0.29, 0.717) is 23.1 Å². The lowest BCUT2D eigenvalue weighted by Crippen LogP contribution is -2.20. The number of nitrogens with two attached hydrogens (primary N) is 1. The summed E-state index contributed by atoms with van der Waals surface area (Å²) in [5.74, 6) is 0.776. The summed E-state index contributed by atoms with van der Waals surface area (Å²) in [6, 6.07) is 11.7. The number of aromatic nitrogens is 2. The zero-order valence-electron chi connectivity index (χ0n) is 13.8. The predicted molar refractivity (Wildman–Crippen MR) is 98.8 cm³/mol. The Bertz CT molecular complexity index is 1060. The third-order valence-corrected chi connectivity index (χ3v) is 4.63. The third-order valence-electron chi connectivity index (χ3n) is 4.63. The number of nitrogen functional groups attached to an aromatic ring is 1. The van der Waals surface area contributed by atoms with Gasteiger partial charge in [-0.15, -0.1) is 0 Å². The predicted octanol–water partition coefficient (Wildman–Crippen LogP) is 3.54. The van der Waals surface area contributed by atoms with Gasteiger partial charge >= 0.3 is 0 Å². The summed E-state index contributed by atoms with van der Waals surface area (Å²) in [6.07, 6.45) is 2.98. The van der Waals surface area contributed by atoms with Crippen molar-refractivity contribution in [3.8, 4) is 0 Å². The van der Waals surface area contributed by atoms with Crippen LogP contribution in [-0.4, -0.2) is 9.55 Å². The molecule has 4 rings (SSSR count). The fraction of sp³-hybridized carbons (Fsp3) is 0.200. The van der Waals surface area contributed by atoms with E-state index >= 15 is 0 Å². The summed E-state index contributed by atoms with van der Waals surface area (Å²) >= 11 is 0. The molecule has 2 aromatic carbocycles. The average Bonchev–Trinajstić information content (AvgIpc) is 2.95. The van der Waals surface area contributed by atoms with Crippen LogP contribution in [0, 0.1) is 13.8 Å². The van der Waals surface area contributed by atoms with Crippen LogP contribution in [0.5, 0.6) is 0 Å². The molecule has 0 bridgehead atoms. The maximum absolute atomic E-state index is 12.7. The molecule has 0 amide bonds. The summed E-state index contributed by atoms with van der Waals surface area (Å²) in [6.45, 7) is 4.86. The summed E-state index contributed by atoms with van der Waals surface area (Å²) in [5.41, 5.74) is 11.8. The number of hydrogen-bond donors (Lipinski definition) is 1. The number of nitrogens with zero attached hydrogens (tertiary/aromatic N) is 2. The maximum Gasteiger partial charge on any atom is 0.261 e. The molecule has 0 saturated carbocycles. The van der Waals surface area contributed by atoms with E-state index in [2.05, 4.69) is 38.1 Å². The molecule has 0 atom stereocenters. The molecule has 3 aromatic rings. The minimum absolute atomic E-state index is 0.00772. The molecule has 0 spiro atoms. The smallest absolute Gasteiger partial charge is 0.261 e. The van der Waals surface area contributed by atoms with Crippen molar-refractivity contribution in [1.29, 1.82) is 0 Å². The van der Waals surface area contributed by atoms with Gasteiger partial charge in [-0.3, -0.25) is 9.36 Å². The first-order chi connectivity index (χ1) is 11.5. The Morgan fingerprint density at radius 3 is 2.83 bits per heavy atom. The van der Waals surface area contributed by atoms with Gasteiger partial charge in [0.25, 0.3) is 5.56 Å². The van der Waals surface area contributed by atoms with Crippen LogP contribution in [0.25, 0.3) is 22.6 Å². The van der Waals surface area contributed by atoms with Crippen LogP contribution in [0.2, 0.25) is 0 Å². The molecule has 0 radical (unpaired) electrons. The molecule has 1 aromatic heterocycles. The van der Waals surface area contributed by atoms with E-state index < -0.39 is 0 Å². The Balaban J connectivity index is 1.92. The van der Waals surface area contributed by atoms with Gasteiger partial charge < -0.3 is 5.73 Å². The first-order valence-electron chi connectivity index (χ1n) is 8.11. The molecule has 24 heavy (non-hydrogen) atoms. The van der Waals surface area contributed by atoms with Crippen LogP contribution < -0.4 is 11.3 Å². The Hall–Kier alpha value is -2.88. The van der Waals surface area contributed by atoms with Crippen molar-refractivity contribution in [2.45, 2.75) is 26.8 Å². The van der Waals surface area contributed by atoms with E-state index in [1.165, 1.54) is 16.7 Å². The lowest BCUT2D eigenvalue weighted by atomic mass is 10.0. The van der Waals surface area contributed by atoms with Crippen molar-refractivity contribution < 1.29 is 0 Å². The molecule has 0 saturated heterocycles. The number of fused-ring (bicyclic) bond motifs is 2. The van der Waals surface area contributed by atoms with Crippen molar-refractivity contribution in [3.63, 3.8) is 0 Å². The summed E-state index contributed by atoms with van der Waals surface area (Å²) in [5, 5.41) is 0.590. The van der Waals surface area contributed by atoms with Crippen LogP contribution in [0.4, 0.5) is 5.69 Å². The normalized spacial score (nSPS) is 15.2. The minimum Gasteiger partial charge on any atom is -0.399 e. The molecular weight excluding hydrogens is 298 g/mol. The zero-order valence-corrected chi connectivity index (χ0v) is 13.8. The highest BCUT2D eigenvalue weighted by atomic mass is 16.1. The molecule has 0 fully saturated rings. The lowest BCUT2D eigenvalue weighted by Gasteiger charge is -2.07. The van der Waals surface area contributed by atoms with Crippen LogP contribution >= 0.6 is 0 Å². The molecule has 1 aliphatic rings. The Kier molecular flexibility index (Phi) is 3.27. The molecular formula is C20H19N3O. The minimum atomic E-state index is -0.00772. The highest BCUT2D eigenvalue weighted by molar-refractivity contribution is 5.86. The number of rotatable bonds is 1. The first-order valence-corrected chi connectivity index (χ1v) is 8.11. The molecule has 4 nitrogen and oxygen atoms in total. The van der Waals surface area contributed by atoms with Crippen molar-refractivity contribution in [1.82, 2.24) is 9.55 Å². The van der Waals surface area contributed by atoms with Gasteiger partial charge in [0, 0.05) is 12.2 Å². The van der Waals surface area contributed by atoms with E-state index in [4.69, 9.17) is 10.7 Å². The van der Waals surface area contributed by atoms with Gasteiger partial charge in [-0.05, 0) is 61.2 Å². The second-order valence-corrected chi connectivity index (χ2v) is 6.45. The Morgan fingerprint density at radius 1 is 1.17 bits per heavy atom. The molecule has 4 heteroatoms. The summed E-state index contributed by atoms with van der Waals surface area (Å²) < 4.78 is 1.76. The average molecular weight is 317 g/mol. The highest BCUT2D eigenvalue weighted by Crippen LogP contribution is 2.28. The van der Waals surface area contributed by atoms with E-state index in [0.717, 1.165) is 17.8 Å². The van der Waals surface area contributed by atoms with E-state index in [9.17, 15) is 4.79 Å². The van der Waals surface area contributed by atoms with Gasteiger partial charge in [0.15, 0.2) is 0 Å². The van der Waals surface area contributed by atoms with Crippen LogP contribution in [0.15, 0.2) is 41.2 Å². The van der Waals surface area contributed by atoms with Crippen LogP contribution in [-0.2, 0) is 6.54 Å². The molecule has 0 unspecified atom stereocenters. The standard InChI is InChI=1S/C20H19N3O/c1-12-3-4-13(2)15(9-12)10-14-7-8-23-19(14)22-18-6-5-16(21)11-17(18)20(23)24/h3-6,9-11H,7-8,21H2,1-2H3. The van der Waals surface area contributed by atoms with Gasteiger partial charge in [-0.2, -0.15) is 0 Å².